The number of anilines is 1. The number of nitrogens with zero attached hydrogens (tertiary/aromatic N) is 5. The van der Waals surface area contributed by atoms with Crippen molar-refractivity contribution in [1.82, 2.24) is 24.8 Å². The number of likely N-dealkylation sites (tertiary alicyclic amines) is 1. The zero-order valence-electron chi connectivity index (χ0n) is 18.9. The molecule has 170 valence electrons. The smallest absolute Gasteiger partial charge is 0.223 e. The Morgan fingerprint density at radius 3 is 2.72 bits per heavy atom. The molecule has 7 nitrogen and oxygen atoms in total. The summed E-state index contributed by atoms with van der Waals surface area (Å²) in [7, 11) is 0. The second-order valence-corrected chi connectivity index (χ2v) is 10.8. The van der Waals surface area contributed by atoms with Gasteiger partial charge in [-0.1, -0.05) is 11.3 Å². The van der Waals surface area contributed by atoms with Crippen LogP contribution in [0, 0.1) is 0 Å². The SMILES string of the molecule is CC1(C)CCCN1Cc1cc(Cc2nc3cccnc3s2)nc(NC2CCC(O)CC2)n1. The Balaban J connectivity index is 1.40. The van der Waals surface area contributed by atoms with E-state index < -0.39 is 0 Å². The second-order valence-electron chi connectivity index (χ2n) is 9.77. The molecule has 5 rings (SSSR count). The molecule has 0 bridgehead atoms. The molecule has 2 aliphatic rings. The van der Waals surface area contributed by atoms with E-state index in [1.807, 2.05) is 18.3 Å². The third-order valence-corrected chi connectivity index (χ3v) is 7.81. The van der Waals surface area contributed by atoms with E-state index in [9.17, 15) is 5.11 Å². The standard InChI is InChI=1S/C24H32N6OS/c1-24(2)10-4-12-30(24)15-18-13-17(14-21-29-20-5-3-11-25-22(20)32-21)27-23(28-18)26-16-6-8-19(31)9-7-16/h3,5,11,13,16,19,31H,4,6-10,12,14-15H2,1-2H3,(H,26,27,28). The monoisotopic (exact) mass is 452 g/mol. The summed E-state index contributed by atoms with van der Waals surface area (Å²) in [6.07, 6.45) is 8.36. The van der Waals surface area contributed by atoms with Crippen molar-refractivity contribution in [1.29, 1.82) is 0 Å². The number of hydrogen-bond acceptors (Lipinski definition) is 8. The minimum absolute atomic E-state index is 0.166. The first-order chi connectivity index (χ1) is 15.4. The molecule has 0 aromatic carbocycles. The van der Waals surface area contributed by atoms with Gasteiger partial charge in [0.1, 0.15) is 15.4 Å². The second kappa shape index (κ2) is 9.00. The number of rotatable bonds is 6. The number of pyridine rings is 1. The lowest BCUT2D eigenvalue weighted by atomic mass is 9.93. The lowest BCUT2D eigenvalue weighted by Crippen LogP contribution is -2.37. The van der Waals surface area contributed by atoms with Gasteiger partial charge in [0.15, 0.2) is 0 Å². The number of aliphatic hydroxyl groups is 1. The first-order valence-electron chi connectivity index (χ1n) is 11.7. The molecule has 1 saturated carbocycles. The lowest BCUT2D eigenvalue weighted by molar-refractivity contribution is 0.126. The highest BCUT2D eigenvalue weighted by Crippen LogP contribution is 2.30. The van der Waals surface area contributed by atoms with Crippen LogP contribution in [0.25, 0.3) is 10.3 Å². The first kappa shape index (κ1) is 21.7. The van der Waals surface area contributed by atoms with Crippen LogP contribution in [-0.4, -0.2) is 54.2 Å². The maximum absolute atomic E-state index is 9.84. The van der Waals surface area contributed by atoms with E-state index in [2.05, 4.69) is 35.1 Å². The Morgan fingerprint density at radius 1 is 1.16 bits per heavy atom. The fourth-order valence-electron chi connectivity index (χ4n) is 4.89. The Hall–Kier alpha value is -2.16. The zero-order chi connectivity index (χ0) is 22.1. The van der Waals surface area contributed by atoms with Gasteiger partial charge in [0.25, 0.3) is 0 Å². The number of hydrogen-bond donors (Lipinski definition) is 2. The van der Waals surface area contributed by atoms with Crippen LogP contribution in [0.15, 0.2) is 24.4 Å². The molecule has 0 spiro atoms. The van der Waals surface area contributed by atoms with Gasteiger partial charge >= 0.3 is 0 Å². The van der Waals surface area contributed by atoms with Crippen molar-refractivity contribution < 1.29 is 5.11 Å². The van der Waals surface area contributed by atoms with Crippen LogP contribution < -0.4 is 5.32 Å². The van der Waals surface area contributed by atoms with Gasteiger partial charge in [-0.15, -0.1) is 0 Å². The summed E-state index contributed by atoms with van der Waals surface area (Å²) in [6, 6.07) is 6.39. The summed E-state index contributed by atoms with van der Waals surface area (Å²) < 4.78 is 0. The van der Waals surface area contributed by atoms with E-state index >= 15 is 0 Å². The predicted molar refractivity (Wildman–Crippen MR) is 128 cm³/mol. The van der Waals surface area contributed by atoms with Crippen molar-refractivity contribution in [2.45, 2.75) is 83.0 Å². The predicted octanol–water partition coefficient (Wildman–Crippen LogP) is 4.16. The highest BCUT2D eigenvalue weighted by Gasteiger charge is 2.32. The van der Waals surface area contributed by atoms with Gasteiger partial charge < -0.3 is 10.4 Å². The Kier molecular flexibility index (Phi) is 6.09. The van der Waals surface area contributed by atoms with Gasteiger partial charge in [-0.05, 0) is 77.1 Å². The van der Waals surface area contributed by atoms with Crippen LogP contribution in [0.4, 0.5) is 5.95 Å². The average molecular weight is 453 g/mol. The molecule has 1 saturated heterocycles. The molecule has 1 aliphatic carbocycles. The van der Waals surface area contributed by atoms with Crippen molar-refractivity contribution in [2.24, 2.45) is 0 Å². The minimum atomic E-state index is -0.166. The molecule has 8 heteroatoms. The molecule has 3 aromatic heterocycles. The number of thiazole rings is 1. The average Bonchev–Trinajstić information content (AvgIpc) is 3.31. The molecule has 2 fully saturated rings. The molecule has 4 heterocycles. The topological polar surface area (TPSA) is 87.1 Å². The van der Waals surface area contributed by atoms with Gasteiger partial charge in [0.05, 0.1) is 17.5 Å². The third kappa shape index (κ3) is 4.92. The number of nitrogens with one attached hydrogen (secondary N) is 1. The molecule has 0 unspecified atom stereocenters. The lowest BCUT2D eigenvalue weighted by Gasteiger charge is -2.31. The number of aromatic nitrogens is 4. The third-order valence-electron chi connectivity index (χ3n) is 6.83. The Morgan fingerprint density at radius 2 is 1.97 bits per heavy atom. The van der Waals surface area contributed by atoms with Crippen LogP contribution in [0.3, 0.4) is 0 Å². The molecule has 0 atom stereocenters. The summed E-state index contributed by atoms with van der Waals surface area (Å²) >= 11 is 1.63. The van der Waals surface area contributed by atoms with E-state index in [1.165, 1.54) is 12.8 Å². The van der Waals surface area contributed by atoms with Crippen LogP contribution in [0.5, 0.6) is 0 Å². The van der Waals surface area contributed by atoms with Crippen molar-refractivity contribution in [2.75, 3.05) is 11.9 Å². The van der Waals surface area contributed by atoms with Crippen LogP contribution >= 0.6 is 11.3 Å². The fourth-order valence-corrected chi connectivity index (χ4v) is 5.81. The molecule has 0 amide bonds. The molecule has 2 N–H and O–H groups in total. The summed E-state index contributed by atoms with van der Waals surface area (Å²) in [5.74, 6) is 0.704. The van der Waals surface area contributed by atoms with E-state index in [0.29, 0.717) is 18.4 Å². The highest BCUT2D eigenvalue weighted by molar-refractivity contribution is 7.18. The minimum Gasteiger partial charge on any atom is -0.393 e. The molecular formula is C24H32N6OS. The summed E-state index contributed by atoms with van der Waals surface area (Å²) in [5, 5.41) is 14.4. The van der Waals surface area contributed by atoms with Crippen LogP contribution in [0.2, 0.25) is 0 Å². The number of fused-ring (bicyclic) bond motifs is 1. The van der Waals surface area contributed by atoms with Crippen LogP contribution in [-0.2, 0) is 13.0 Å². The van der Waals surface area contributed by atoms with E-state index in [-0.39, 0.29) is 11.6 Å². The summed E-state index contributed by atoms with van der Waals surface area (Å²) in [5.41, 5.74) is 3.20. The Labute approximate surface area is 193 Å². The molecular weight excluding hydrogens is 420 g/mol. The molecule has 0 radical (unpaired) electrons. The maximum atomic E-state index is 9.84. The maximum Gasteiger partial charge on any atom is 0.223 e. The van der Waals surface area contributed by atoms with Crippen LogP contribution in [0.1, 0.15) is 68.8 Å². The highest BCUT2D eigenvalue weighted by atomic mass is 32.1. The fraction of sp³-hybridized carbons (Fsp3) is 0.583. The number of aliphatic hydroxyl groups excluding tert-OH is 1. The quantitative estimate of drug-likeness (QED) is 0.581. The molecule has 32 heavy (non-hydrogen) atoms. The van der Waals surface area contributed by atoms with Crippen molar-refractivity contribution in [3.8, 4) is 0 Å². The van der Waals surface area contributed by atoms with E-state index in [4.69, 9.17) is 15.0 Å². The van der Waals surface area contributed by atoms with Gasteiger partial charge in [-0.3, -0.25) is 4.90 Å². The Bertz CT molecular complexity index is 1040. The van der Waals surface area contributed by atoms with Gasteiger partial charge in [0, 0.05) is 30.7 Å². The summed E-state index contributed by atoms with van der Waals surface area (Å²) in [4.78, 5) is 22.5. The van der Waals surface area contributed by atoms with E-state index in [0.717, 1.165) is 65.5 Å². The van der Waals surface area contributed by atoms with Gasteiger partial charge in [-0.25, -0.2) is 19.9 Å². The summed E-state index contributed by atoms with van der Waals surface area (Å²) in [6.45, 7) is 6.59. The molecule has 1 aliphatic heterocycles. The van der Waals surface area contributed by atoms with Gasteiger partial charge in [-0.2, -0.15) is 0 Å². The van der Waals surface area contributed by atoms with E-state index in [1.54, 1.807) is 11.3 Å². The van der Waals surface area contributed by atoms with Crippen molar-refractivity contribution in [3.63, 3.8) is 0 Å². The largest absolute Gasteiger partial charge is 0.393 e. The van der Waals surface area contributed by atoms with Crippen molar-refractivity contribution >= 4 is 27.6 Å². The van der Waals surface area contributed by atoms with Gasteiger partial charge in [0.2, 0.25) is 5.95 Å². The van der Waals surface area contributed by atoms with Crippen molar-refractivity contribution in [3.05, 3.63) is 40.8 Å². The normalized spacial score (nSPS) is 23.6. The zero-order valence-corrected chi connectivity index (χ0v) is 19.7. The first-order valence-corrected chi connectivity index (χ1v) is 12.5. The molecule has 3 aromatic rings.